The monoisotopic (exact) mass is 935 g/mol. The van der Waals surface area contributed by atoms with Crippen LogP contribution in [0.15, 0.2) is 120 Å². The number of halogens is 6. The third kappa shape index (κ3) is 13.1. The average molecular weight is 936 g/mol. The van der Waals surface area contributed by atoms with E-state index in [1.54, 1.807) is 69.3 Å². The Balaban J connectivity index is 1.16. The first-order valence-electron chi connectivity index (χ1n) is 21.6. The van der Waals surface area contributed by atoms with Crippen molar-refractivity contribution in [3.8, 4) is 0 Å². The molecule has 0 spiro atoms. The van der Waals surface area contributed by atoms with Crippen molar-refractivity contribution >= 4 is 40.5 Å². The predicted molar refractivity (Wildman–Crippen MR) is 244 cm³/mol. The number of alkyl halides is 6. The molecule has 2 aliphatic rings. The minimum Gasteiger partial charge on any atom is -0.459 e. The molecule has 2 heterocycles. The van der Waals surface area contributed by atoms with Crippen molar-refractivity contribution in [2.24, 2.45) is 11.5 Å². The van der Waals surface area contributed by atoms with Gasteiger partial charge in [0.05, 0.1) is 54.0 Å². The van der Waals surface area contributed by atoms with E-state index >= 15 is 0 Å². The molecule has 19 heteroatoms. The van der Waals surface area contributed by atoms with Gasteiger partial charge in [-0.25, -0.2) is 0 Å². The number of nitrogens with zero attached hydrogens (tertiary/aromatic N) is 3. The van der Waals surface area contributed by atoms with Crippen LogP contribution in [0, 0.1) is 0 Å². The number of rotatable bonds is 18. The lowest BCUT2D eigenvalue weighted by Gasteiger charge is -2.27. The second-order valence-electron chi connectivity index (χ2n) is 17.5. The van der Waals surface area contributed by atoms with Crippen molar-refractivity contribution in [3.05, 3.63) is 142 Å². The summed E-state index contributed by atoms with van der Waals surface area (Å²) < 4.78 is 87.4. The van der Waals surface area contributed by atoms with Gasteiger partial charge in [0.2, 0.25) is 0 Å². The van der Waals surface area contributed by atoms with Crippen LogP contribution in [-0.2, 0) is 31.5 Å². The van der Waals surface area contributed by atoms with E-state index in [1.165, 1.54) is 34.1 Å². The van der Waals surface area contributed by atoms with Crippen molar-refractivity contribution in [2.45, 2.75) is 63.7 Å². The SMILES string of the molecule is CC(C)(C)OC(=O)CN(CCCN1CC(Nc2cccc(C(F)(F)F)c2)=C([C@H](N)c2ccc(N)cc2)C1=O)CCCN1CC(Nc2cccc(C(F)(F)F)c2)=C([C@H](N)c2ccc(N)cc2)C1=O. The lowest BCUT2D eigenvalue weighted by Crippen LogP contribution is -2.39. The van der Waals surface area contributed by atoms with Gasteiger partial charge in [0, 0.05) is 60.3 Å². The van der Waals surface area contributed by atoms with Gasteiger partial charge in [-0.1, -0.05) is 36.4 Å². The zero-order valence-electron chi connectivity index (χ0n) is 37.3. The van der Waals surface area contributed by atoms with Crippen LogP contribution in [0.3, 0.4) is 0 Å². The Morgan fingerprint density at radius 1 is 0.657 bits per heavy atom. The molecule has 10 N–H and O–H groups in total. The number of hydrogen-bond acceptors (Lipinski definition) is 11. The normalized spacial score (nSPS) is 15.8. The van der Waals surface area contributed by atoms with E-state index in [1.807, 2.05) is 4.90 Å². The minimum absolute atomic E-state index is 0.0148. The van der Waals surface area contributed by atoms with Gasteiger partial charge in [-0.05, 0) is 105 Å². The zero-order chi connectivity index (χ0) is 48.8. The third-order valence-electron chi connectivity index (χ3n) is 11.1. The number of amides is 2. The fourth-order valence-corrected chi connectivity index (χ4v) is 7.94. The van der Waals surface area contributed by atoms with Gasteiger partial charge in [0.15, 0.2) is 0 Å². The summed E-state index contributed by atoms with van der Waals surface area (Å²) in [6, 6.07) is 20.6. The molecule has 0 aliphatic carbocycles. The van der Waals surface area contributed by atoms with Crippen LogP contribution < -0.4 is 33.6 Å². The molecule has 2 aliphatic heterocycles. The van der Waals surface area contributed by atoms with Crippen molar-refractivity contribution in [2.75, 3.05) is 67.9 Å². The Bertz CT molecular complexity index is 2330. The van der Waals surface area contributed by atoms with E-state index in [4.69, 9.17) is 27.7 Å². The van der Waals surface area contributed by atoms with E-state index in [9.17, 15) is 40.7 Å². The number of nitrogens with two attached hydrogens (primary N) is 4. The van der Waals surface area contributed by atoms with Gasteiger partial charge in [-0.3, -0.25) is 19.3 Å². The van der Waals surface area contributed by atoms with E-state index in [0.29, 0.717) is 59.8 Å². The second kappa shape index (κ2) is 20.5. The Hall–Kier alpha value is -6.57. The maximum atomic E-state index is 14.1. The summed E-state index contributed by atoms with van der Waals surface area (Å²) in [6.45, 7) is 6.07. The summed E-state index contributed by atoms with van der Waals surface area (Å²) in [7, 11) is 0. The molecule has 0 unspecified atom stereocenters. The quantitative estimate of drug-likeness (QED) is 0.0330. The molecule has 4 aromatic rings. The largest absolute Gasteiger partial charge is 0.459 e. The molecule has 0 fully saturated rings. The van der Waals surface area contributed by atoms with E-state index in [-0.39, 0.29) is 55.2 Å². The van der Waals surface area contributed by atoms with Crippen LogP contribution in [0.4, 0.5) is 49.1 Å². The van der Waals surface area contributed by atoms with E-state index in [2.05, 4.69) is 10.6 Å². The Morgan fingerprint density at radius 3 is 1.40 bits per heavy atom. The number of carbonyl (C=O) groups is 3. The van der Waals surface area contributed by atoms with E-state index in [0.717, 1.165) is 24.3 Å². The van der Waals surface area contributed by atoms with Crippen LogP contribution in [0.5, 0.6) is 0 Å². The topological polar surface area (TPSA) is 198 Å². The lowest BCUT2D eigenvalue weighted by molar-refractivity contribution is -0.156. The number of hydrogen-bond donors (Lipinski definition) is 6. The van der Waals surface area contributed by atoms with Gasteiger partial charge in [0.25, 0.3) is 11.8 Å². The summed E-state index contributed by atoms with van der Waals surface area (Å²) in [6.07, 6.45) is -8.48. The highest BCUT2D eigenvalue weighted by Crippen LogP contribution is 2.36. The first-order valence-corrected chi connectivity index (χ1v) is 21.6. The average Bonchev–Trinajstić information content (AvgIpc) is 3.72. The highest BCUT2D eigenvalue weighted by molar-refractivity contribution is 6.00. The Morgan fingerprint density at radius 2 is 1.04 bits per heavy atom. The molecule has 0 bridgehead atoms. The third-order valence-corrected chi connectivity index (χ3v) is 11.1. The van der Waals surface area contributed by atoms with Crippen LogP contribution in [0.25, 0.3) is 0 Å². The Kier molecular flexibility index (Phi) is 15.3. The minimum atomic E-state index is -4.59. The highest BCUT2D eigenvalue weighted by Gasteiger charge is 2.37. The van der Waals surface area contributed by atoms with Gasteiger partial charge in [-0.2, -0.15) is 26.3 Å². The summed E-state index contributed by atoms with van der Waals surface area (Å²) in [5, 5.41) is 6.04. The van der Waals surface area contributed by atoms with Crippen molar-refractivity contribution in [1.29, 1.82) is 0 Å². The standard InChI is InChI=1S/C48H55F6N9O4/c1-46(2,3)67-39(64)28-61(20-6-22-62-26-37(59-35-10-4-8-31(24-35)47(49,50)51)40(44(62)65)42(57)29-12-16-33(55)17-13-29)21-7-23-63-27-38(60-36-11-5-9-32(25-36)48(52,53)54)41(45(63)66)43(58)30-14-18-34(56)19-15-30/h4-5,8-19,24-25,42-43,59-60H,6-7,20-23,26-28,55-58H2,1-3H3/t42-,43-/m1/s1. The fourth-order valence-electron chi connectivity index (χ4n) is 7.94. The Labute approximate surface area is 384 Å². The lowest BCUT2D eigenvalue weighted by atomic mass is 9.98. The molecule has 0 saturated heterocycles. The molecular formula is C48H55F6N9O4. The van der Waals surface area contributed by atoms with Gasteiger partial charge in [0.1, 0.15) is 5.60 Å². The summed E-state index contributed by atoms with van der Waals surface area (Å²) >= 11 is 0. The van der Waals surface area contributed by atoms with Gasteiger partial charge in [-0.15, -0.1) is 0 Å². The number of carbonyl (C=O) groups excluding carboxylic acids is 3. The number of esters is 1. The number of nitrogens with one attached hydrogen (secondary N) is 2. The maximum Gasteiger partial charge on any atom is 0.416 e. The van der Waals surface area contributed by atoms with Crippen molar-refractivity contribution in [3.63, 3.8) is 0 Å². The zero-order valence-corrected chi connectivity index (χ0v) is 37.3. The molecule has 6 rings (SSSR count). The number of ether oxygens (including phenoxy) is 1. The number of benzene rings is 4. The number of anilines is 4. The molecule has 358 valence electrons. The number of nitrogen functional groups attached to an aromatic ring is 2. The van der Waals surface area contributed by atoms with Crippen LogP contribution in [0.2, 0.25) is 0 Å². The van der Waals surface area contributed by atoms with Crippen LogP contribution in [0.1, 0.15) is 68.0 Å². The first kappa shape index (κ1) is 49.9. The highest BCUT2D eigenvalue weighted by atomic mass is 19.4. The predicted octanol–water partition coefficient (Wildman–Crippen LogP) is 7.43. The second-order valence-corrected chi connectivity index (χ2v) is 17.5. The van der Waals surface area contributed by atoms with Crippen LogP contribution >= 0.6 is 0 Å². The maximum absolute atomic E-state index is 14.1. The first-order chi connectivity index (χ1) is 31.5. The summed E-state index contributed by atoms with van der Waals surface area (Å²) in [5.41, 5.74) is 25.9. The molecule has 67 heavy (non-hydrogen) atoms. The fraction of sp³-hybridized carbons (Fsp3) is 0.354. The van der Waals surface area contributed by atoms with Crippen LogP contribution in [-0.4, -0.2) is 83.9 Å². The molecule has 4 aromatic carbocycles. The molecule has 2 amide bonds. The van der Waals surface area contributed by atoms with Gasteiger partial charge >= 0.3 is 18.3 Å². The smallest absolute Gasteiger partial charge is 0.416 e. The van der Waals surface area contributed by atoms with Crippen molar-refractivity contribution < 1.29 is 45.5 Å². The van der Waals surface area contributed by atoms with E-state index < -0.39 is 58.9 Å². The molecule has 2 atom stereocenters. The molecule has 0 saturated carbocycles. The molecule has 13 nitrogen and oxygen atoms in total. The van der Waals surface area contributed by atoms with Gasteiger partial charge < -0.3 is 48.1 Å². The summed E-state index contributed by atoms with van der Waals surface area (Å²) in [4.78, 5) is 46.3. The molecular weight excluding hydrogens is 881 g/mol. The molecule has 0 aromatic heterocycles. The summed E-state index contributed by atoms with van der Waals surface area (Å²) in [5.74, 6) is -1.33. The molecule has 0 radical (unpaired) electrons. The van der Waals surface area contributed by atoms with Crippen molar-refractivity contribution in [1.82, 2.24) is 14.7 Å².